The molecule has 1 atom stereocenters. The zero-order valence-corrected chi connectivity index (χ0v) is 13.6. The summed E-state index contributed by atoms with van der Waals surface area (Å²) in [6, 6.07) is 0. The molecule has 0 aliphatic heterocycles. The zero-order chi connectivity index (χ0) is 14.3. The van der Waals surface area contributed by atoms with Crippen molar-refractivity contribution in [2.24, 2.45) is 5.73 Å². The molecular weight excluding hydrogens is 302 g/mol. The van der Waals surface area contributed by atoms with E-state index in [1.54, 1.807) is 0 Å². The summed E-state index contributed by atoms with van der Waals surface area (Å²) in [4.78, 5) is 10.7. The molecular formula is C16H28BrNO. The molecule has 0 spiro atoms. The Morgan fingerprint density at radius 2 is 1.37 bits per heavy atom. The second kappa shape index (κ2) is 13.9. The van der Waals surface area contributed by atoms with Crippen molar-refractivity contribution in [1.29, 1.82) is 0 Å². The Bertz CT molecular complexity index is 260. The number of rotatable bonds is 13. The fraction of sp³-hybridized carbons (Fsp3) is 0.812. The van der Waals surface area contributed by atoms with Crippen LogP contribution >= 0.6 is 15.9 Å². The average molecular weight is 330 g/mol. The van der Waals surface area contributed by atoms with E-state index in [0.717, 1.165) is 19.3 Å². The van der Waals surface area contributed by atoms with Gasteiger partial charge in [0.1, 0.15) is 0 Å². The quantitative estimate of drug-likeness (QED) is 0.300. The van der Waals surface area contributed by atoms with Gasteiger partial charge in [-0.2, -0.15) is 0 Å². The summed E-state index contributed by atoms with van der Waals surface area (Å²) >= 11 is 3.28. The van der Waals surface area contributed by atoms with Crippen LogP contribution in [0.2, 0.25) is 0 Å². The number of unbranched alkanes of at least 4 members (excludes halogenated alkanes) is 10. The van der Waals surface area contributed by atoms with E-state index in [0.29, 0.717) is 0 Å². The van der Waals surface area contributed by atoms with Crippen LogP contribution in [-0.4, -0.2) is 10.7 Å². The molecule has 1 unspecified atom stereocenters. The number of terminal acetylenes is 1. The lowest BCUT2D eigenvalue weighted by Gasteiger charge is -2.05. The van der Waals surface area contributed by atoms with Crippen LogP contribution in [0.5, 0.6) is 0 Å². The van der Waals surface area contributed by atoms with Crippen molar-refractivity contribution in [2.45, 2.75) is 81.9 Å². The topological polar surface area (TPSA) is 43.1 Å². The molecule has 19 heavy (non-hydrogen) atoms. The smallest absolute Gasteiger partial charge is 0.231 e. The molecule has 0 aromatic heterocycles. The van der Waals surface area contributed by atoms with Gasteiger partial charge in [-0.3, -0.25) is 4.79 Å². The van der Waals surface area contributed by atoms with Crippen LogP contribution in [0.15, 0.2) is 0 Å². The third-order valence-corrected chi connectivity index (χ3v) is 4.25. The molecule has 0 saturated carbocycles. The number of carbonyl (C=O) groups is 1. The molecule has 0 radical (unpaired) electrons. The van der Waals surface area contributed by atoms with Gasteiger partial charge in [-0.25, -0.2) is 0 Å². The van der Waals surface area contributed by atoms with Crippen molar-refractivity contribution in [3.05, 3.63) is 0 Å². The number of halogens is 1. The normalized spacial score (nSPS) is 12.0. The van der Waals surface area contributed by atoms with Crippen LogP contribution < -0.4 is 5.73 Å². The summed E-state index contributed by atoms with van der Waals surface area (Å²) in [7, 11) is 0. The molecule has 0 aromatic carbocycles. The Hall–Kier alpha value is -0.490. The highest BCUT2D eigenvalue weighted by Crippen LogP contribution is 2.14. The summed E-state index contributed by atoms with van der Waals surface area (Å²) in [5.41, 5.74) is 5.18. The minimum Gasteiger partial charge on any atom is -0.369 e. The van der Waals surface area contributed by atoms with E-state index in [4.69, 9.17) is 12.2 Å². The second-order valence-electron chi connectivity index (χ2n) is 5.15. The second-order valence-corrected chi connectivity index (χ2v) is 6.25. The number of carbonyl (C=O) groups excluding carboxylic acids is 1. The lowest BCUT2D eigenvalue weighted by atomic mass is 10.0. The maximum Gasteiger partial charge on any atom is 0.231 e. The van der Waals surface area contributed by atoms with E-state index >= 15 is 0 Å². The Balaban J connectivity index is 3.07. The van der Waals surface area contributed by atoms with Gasteiger partial charge < -0.3 is 5.73 Å². The third kappa shape index (κ3) is 13.7. The van der Waals surface area contributed by atoms with Crippen LogP contribution in [-0.2, 0) is 4.79 Å². The van der Waals surface area contributed by atoms with Gasteiger partial charge in [0.2, 0.25) is 5.91 Å². The van der Waals surface area contributed by atoms with Crippen molar-refractivity contribution in [2.75, 3.05) is 0 Å². The summed E-state index contributed by atoms with van der Waals surface area (Å²) in [5.74, 6) is 2.44. The molecule has 0 aliphatic rings. The molecule has 3 heteroatoms. The maximum atomic E-state index is 10.8. The summed E-state index contributed by atoms with van der Waals surface area (Å²) < 4.78 is 0. The number of primary amides is 1. The lowest BCUT2D eigenvalue weighted by Crippen LogP contribution is -2.22. The van der Waals surface area contributed by atoms with Gasteiger partial charge in [-0.05, 0) is 12.8 Å². The van der Waals surface area contributed by atoms with Crippen LogP contribution in [0.1, 0.15) is 77.0 Å². The van der Waals surface area contributed by atoms with Gasteiger partial charge in [0, 0.05) is 6.42 Å². The first-order valence-electron chi connectivity index (χ1n) is 7.55. The number of amides is 1. The van der Waals surface area contributed by atoms with Gasteiger partial charge >= 0.3 is 0 Å². The molecule has 0 heterocycles. The Morgan fingerprint density at radius 3 is 1.79 bits per heavy atom. The number of hydrogen-bond acceptors (Lipinski definition) is 1. The predicted molar refractivity (Wildman–Crippen MR) is 86.1 cm³/mol. The van der Waals surface area contributed by atoms with Crippen molar-refractivity contribution in [3.8, 4) is 12.3 Å². The summed E-state index contributed by atoms with van der Waals surface area (Å²) in [6.45, 7) is 0. The van der Waals surface area contributed by atoms with Crippen LogP contribution in [0.25, 0.3) is 0 Å². The summed E-state index contributed by atoms with van der Waals surface area (Å²) in [6.07, 6.45) is 19.7. The molecule has 0 saturated heterocycles. The molecule has 0 aromatic rings. The number of nitrogens with two attached hydrogens (primary N) is 1. The fourth-order valence-corrected chi connectivity index (χ4v) is 2.43. The highest BCUT2D eigenvalue weighted by atomic mass is 79.9. The van der Waals surface area contributed by atoms with E-state index in [-0.39, 0.29) is 10.7 Å². The molecule has 1 amide bonds. The van der Waals surface area contributed by atoms with Gasteiger partial charge in [-0.15, -0.1) is 12.3 Å². The monoisotopic (exact) mass is 329 g/mol. The van der Waals surface area contributed by atoms with E-state index in [1.807, 2.05) is 0 Å². The van der Waals surface area contributed by atoms with E-state index in [2.05, 4.69) is 21.9 Å². The Labute approximate surface area is 127 Å². The zero-order valence-electron chi connectivity index (χ0n) is 12.0. The maximum absolute atomic E-state index is 10.8. The first kappa shape index (κ1) is 18.5. The van der Waals surface area contributed by atoms with Crippen molar-refractivity contribution >= 4 is 21.8 Å². The van der Waals surface area contributed by atoms with Gasteiger partial charge in [-0.1, -0.05) is 73.7 Å². The minimum atomic E-state index is -0.246. The first-order chi connectivity index (χ1) is 9.18. The van der Waals surface area contributed by atoms with Gasteiger partial charge in [0.15, 0.2) is 0 Å². The molecule has 0 fully saturated rings. The van der Waals surface area contributed by atoms with E-state index in [9.17, 15) is 4.79 Å². The van der Waals surface area contributed by atoms with Crippen molar-refractivity contribution < 1.29 is 4.79 Å². The number of alkyl halides is 1. The lowest BCUT2D eigenvalue weighted by molar-refractivity contribution is -0.117. The molecule has 0 rings (SSSR count). The Morgan fingerprint density at radius 1 is 0.947 bits per heavy atom. The molecule has 2 N–H and O–H groups in total. The minimum absolute atomic E-state index is 0.143. The Kier molecular flexibility index (Phi) is 13.6. The molecule has 0 bridgehead atoms. The van der Waals surface area contributed by atoms with Crippen LogP contribution in [0.4, 0.5) is 0 Å². The van der Waals surface area contributed by atoms with Crippen molar-refractivity contribution in [3.63, 3.8) is 0 Å². The van der Waals surface area contributed by atoms with Gasteiger partial charge in [0.25, 0.3) is 0 Å². The number of hydrogen-bond donors (Lipinski definition) is 1. The van der Waals surface area contributed by atoms with E-state index < -0.39 is 0 Å². The van der Waals surface area contributed by atoms with Crippen LogP contribution in [0, 0.1) is 12.3 Å². The third-order valence-electron chi connectivity index (χ3n) is 3.34. The van der Waals surface area contributed by atoms with Crippen molar-refractivity contribution in [1.82, 2.24) is 0 Å². The molecule has 0 aliphatic carbocycles. The van der Waals surface area contributed by atoms with Crippen LogP contribution in [0.3, 0.4) is 0 Å². The average Bonchev–Trinajstić information content (AvgIpc) is 2.39. The SMILES string of the molecule is C#CCCCCCCCCCCCCC(Br)C(N)=O. The summed E-state index contributed by atoms with van der Waals surface area (Å²) in [5, 5.41) is 0. The predicted octanol–water partition coefficient (Wildman–Crippen LogP) is 4.55. The largest absolute Gasteiger partial charge is 0.369 e. The highest BCUT2D eigenvalue weighted by molar-refractivity contribution is 9.10. The molecule has 110 valence electrons. The standard InChI is InChI=1S/C16H28BrNO/c1-2-3-4-5-6-7-8-9-10-11-12-13-14-15(17)16(18)19/h1,15H,3-14H2,(H2,18,19). The fourth-order valence-electron chi connectivity index (χ4n) is 2.11. The highest BCUT2D eigenvalue weighted by Gasteiger charge is 2.09. The van der Waals surface area contributed by atoms with E-state index in [1.165, 1.54) is 57.8 Å². The molecule has 2 nitrogen and oxygen atoms in total. The first-order valence-corrected chi connectivity index (χ1v) is 8.47. The van der Waals surface area contributed by atoms with Gasteiger partial charge in [0.05, 0.1) is 4.83 Å².